The molecule has 2 fully saturated rings. The first-order valence-electron chi connectivity index (χ1n) is 9.45. The zero-order chi connectivity index (χ0) is 20.4. The number of hydrogen-bond donors (Lipinski definition) is 1. The third-order valence-electron chi connectivity index (χ3n) is 5.27. The van der Waals surface area contributed by atoms with Crippen molar-refractivity contribution in [2.75, 3.05) is 38.3 Å². The molecular formula is C20H21N5O4. The van der Waals surface area contributed by atoms with Crippen LogP contribution in [-0.2, 0) is 14.3 Å². The summed E-state index contributed by atoms with van der Waals surface area (Å²) in [6.07, 6.45) is 4.22. The second kappa shape index (κ2) is 7.66. The van der Waals surface area contributed by atoms with Crippen molar-refractivity contribution >= 4 is 23.4 Å². The van der Waals surface area contributed by atoms with Gasteiger partial charge in [0.05, 0.1) is 18.8 Å². The van der Waals surface area contributed by atoms with E-state index < -0.39 is 11.7 Å². The van der Waals surface area contributed by atoms with Gasteiger partial charge in [0.25, 0.3) is 11.5 Å². The number of carbonyl (C=O) groups is 1. The minimum absolute atomic E-state index is 0.153. The second-order valence-electron chi connectivity index (χ2n) is 6.93. The van der Waals surface area contributed by atoms with Gasteiger partial charge in [0.1, 0.15) is 23.1 Å². The standard InChI is InChI=1S/C20H21N5O4/c1-22-18(26)14(13-21)12-15-17(23-16-4-2-3-7-25(16)19(15)27)24-8-5-20(6-9-24)28-10-11-29-20/h2-4,7,12H,5-6,8-11H2,1H3,(H,22,26). The molecule has 2 aliphatic heterocycles. The number of ether oxygens (including phenoxy) is 2. The summed E-state index contributed by atoms with van der Waals surface area (Å²) >= 11 is 0. The summed E-state index contributed by atoms with van der Waals surface area (Å²) in [5, 5.41) is 11.8. The van der Waals surface area contributed by atoms with Crippen LogP contribution in [0.4, 0.5) is 5.82 Å². The summed E-state index contributed by atoms with van der Waals surface area (Å²) in [4.78, 5) is 31.8. The number of likely N-dealkylation sites (N-methyl/N-ethyl adjacent to an activating group) is 1. The number of anilines is 1. The maximum absolute atomic E-state index is 13.2. The van der Waals surface area contributed by atoms with Crippen molar-refractivity contribution in [1.29, 1.82) is 5.26 Å². The van der Waals surface area contributed by atoms with E-state index in [0.717, 1.165) is 0 Å². The van der Waals surface area contributed by atoms with E-state index in [2.05, 4.69) is 10.3 Å². The van der Waals surface area contributed by atoms with E-state index in [-0.39, 0.29) is 16.7 Å². The van der Waals surface area contributed by atoms with Crippen LogP contribution in [0.2, 0.25) is 0 Å². The molecule has 0 saturated carbocycles. The van der Waals surface area contributed by atoms with Crippen molar-refractivity contribution in [3.8, 4) is 6.07 Å². The molecule has 0 aromatic carbocycles. The lowest BCUT2D eigenvalue weighted by molar-refractivity contribution is -0.169. The van der Waals surface area contributed by atoms with Gasteiger partial charge in [-0.25, -0.2) is 4.98 Å². The Morgan fingerprint density at radius 2 is 2.03 bits per heavy atom. The lowest BCUT2D eigenvalue weighted by Gasteiger charge is -2.38. The van der Waals surface area contributed by atoms with Gasteiger partial charge in [-0.05, 0) is 18.2 Å². The molecule has 4 heterocycles. The number of aromatic nitrogens is 2. The van der Waals surface area contributed by atoms with Gasteiger partial charge in [0.15, 0.2) is 5.79 Å². The maximum Gasteiger partial charge on any atom is 0.267 e. The number of piperidine rings is 1. The lowest BCUT2D eigenvalue weighted by Crippen LogP contribution is -2.46. The molecule has 9 nitrogen and oxygen atoms in total. The van der Waals surface area contributed by atoms with Crippen molar-refractivity contribution in [2.24, 2.45) is 0 Å². The molecular weight excluding hydrogens is 374 g/mol. The fourth-order valence-electron chi connectivity index (χ4n) is 3.73. The van der Waals surface area contributed by atoms with Crippen molar-refractivity contribution in [3.05, 3.63) is 45.9 Å². The highest BCUT2D eigenvalue weighted by atomic mass is 16.7. The van der Waals surface area contributed by atoms with Gasteiger partial charge in [-0.2, -0.15) is 5.26 Å². The van der Waals surface area contributed by atoms with Crippen LogP contribution in [0.1, 0.15) is 18.4 Å². The van der Waals surface area contributed by atoms with E-state index in [1.54, 1.807) is 24.4 Å². The maximum atomic E-state index is 13.2. The molecule has 2 aromatic rings. The first-order valence-corrected chi connectivity index (χ1v) is 9.45. The molecule has 2 saturated heterocycles. The minimum atomic E-state index is -0.557. The van der Waals surface area contributed by atoms with Gasteiger partial charge >= 0.3 is 0 Å². The van der Waals surface area contributed by atoms with Crippen LogP contribution in [0.5, 0.6) is 0 Å². The number of hydrogen-bond acceptors (Lipinski definition) is 7. The summed E-state index contributed by atoms with van der Waals surface area (Å²) in [5.74, 6) is -0.662. The van der Waals surface area contributed by atoms with Gasteiger partial charge in [0.2, 0.25) is 0 Å². The molecule has 0 atom stereocenters. The average molecular weight is 395 g/mol. The summed E-state index contributed by atoms with van der Waals surface area (Å²) < 4.78 is 13.0. The Labute approximate surface area is 167 Å². The minimum Gasteiger partial charge on any atom is -0.355 e. The zero-order valence-electron chi connectivity index (χ0n) is 16.1. The van der Waals surface area contributed by atoms with E-state index in [1.807, 2.05) is 11.0 Å². The van der Waals surface area contributed by atoms with Crippen molar-refractivity contribution < 1.29 is 14.3 Å². The Hall–Kier alpha value is -3.22. The number of fused-ring (bicyclic) bond motifs is 1. The number of amides is 1. The molecule has 4 rings (SSSR count). The van der Waals surface area contributed by atoms with E-state index >= 15 is 0 Å². The molecule has 0 aliphatic carbocycles. The quantitative estimate of drug-likeness (QED) is 0.602. The van der Waals surface area contributed by atoms with E-state index in [1.165, 1.54) is 17.5 Å². The molecule has 1 amide bonds. The molecule has 9 heteroatoms. The smallest absolute Gasteiger partial charge is 0.267 e. The lowest BCUT2D eigenvalue weighted by atomic mass is 10.0. The number of rotatable bonds is 3. The molecule has 0 radical (unpaired) electrons. The van der Waals surface area contributed by atoms with Gasteiger partial charge in [-0.3, -0.25) is 14.0 Å². The zero-order valence-corrected chi connectivity index (χ0v) is 16.1. The number of nitrogens with zero attached hydrogens (tertiary/aromatic N) is 4. The van der Waals surface area contributed by atoms with Crippen LogP contribution in [0.25, 0.3) is 11.7 Å². The number of nitriles is 1. The number of carbonyl (C=O) groups excluding carboxylic acids is 1. The first kappa shape index (κ1) is 19.1. The normalized spacial score (nSPS) is 18.8. The number of nitrogens with one attached hydrogen (secondary N) is 1. The highest BCUT2D eigenvalue weighted by Crippen LogP contribution is 2.33. The molecule has 1 spiro atoms. The van der Waals surface area contributed by atoms with Gasteiger partial charge in [-0.1, -0.05) is 6.07 Å². The summed E-state index contributed by atoms with van der Waals surface area (Å²) in [7, 11) is 1.44. The summed E-state index contributed by atoms with van der Waals surface area (Å²) in [6, 6.07) is 7.14. The fourth-order valence-corrected chi connectivity index (χ4v) is 3.73. The Balaban J connectivity index is 1.80. The predicted molar refractivity (Wildman–Crippen MR) is 105 cm³/mol. The van der Waals surface area contributed by atoms with E-state index in [9.17, 15) is 14.9 Å². The Bertz CT molecular complexity index is 1070. The third-order valence-corrected chi connectivity index (χ3v) is 5.27. The van der Waals surface area contributed by atoms with Crippen LogP contribution in [-0.4, -0.2) is 54.4 Å². The van der Waals surface area contributed by atoms with Gasteiger partial charge < -0.3 is 19.7 Å². The van der Waals surface area contributed by atoms with Gasteiger partial charge in [0, 0.05) is 39.2 Å². The fraction of sp³-hybridized carbons (Fsp3) is 0.400. The van der Waals surface area contributed by atoms with E-state index in [4.69, 9.17) is 9.47 Å². The van der Waals surface area contributed by atoms with Crippen LogP contribution in [0.15, 0.2) is 34.8 Å². The molecule has 150 valence electrons. The first-order chi connectivity index (χ1) is 14.1. The molecule has 29 heavy (non-hydrogen) atoms. The van der Waals surface area contributed by atoms with Crippen LogP contribution in [0, 0.1) is 11.3 Å². The highest BCUT2D eigenvalue weighted by Gasteiger charge is 2.40. The van der Waals surface area contributed by atoms with Crippen LogP contribution in [0.3, 0.4) is 0 Å². The Morgan fingerprint density at radius 1 is 1.31 bits per heavy atom. The molecule has 0 unspecified atom stereocenters. The van der Waals surface area contributed by atoms with Crippen molar-refractivity contribution in [2.45, 2.75) is 18.6 Å². The SMILES string of the molecule is CNC(=O)C(C#N)=Cc1c(N2CCC3(CC2)OCCO3)nc2ccccn2c1=O. The number of pyridine rings is 1. The monoisotopic (exact) mass is 395 g/mol. The summed E-state index contributed by atoms with van der Waals surface area (Å²) in [6.45, 7) is 2.33. The molecule has 2 aromatic heterocycles. The van der Waals surface area contributed by atoms with Crippen LogP contribution >= 0.6 is 0 Å². The second-order valence-corrected chi connectivity index (χ2v) is 6.93. The molecule has 2 aliphatic rings. The molecule has 0 bridgehead atoms. The summed E-state index contributed by atoms with van der Waals surface area (Å²) in [5.41, 5.74) is 0.213. The van der Waals surface area contributed by atoms with Crippen molar-refractivity contribution in [3.63, 3.8) is 0 Å². The topological polar surface area (TPSA) is 109 Å². The largest absolute Gasteiger partial charge is 0.355 e. The van der Waals surface area contributed by atoms with E-state index in [0.29, 0.717) is 50.6 Å². The van der Waals surface area contributed by atoms with Crippen LogP contribution < -0.4 is 15.8 Å². The Morgan fingerprint density at radius 3 is 2.69 bits per heavy atom. The van der Waals surface area contributed by atoms with Gasteiger partial charge in [-0.15, -0.1) is 0 Å². The molecule has 1 N–H and O–H groups in total. The van der Waals surface area contributed by atoms with Crippen molar-refractivity contribution in [1.82, 2.24) is 14.7 Å². The third kappa shape index (κ3) is 3.48. The Kier molecular flexibility index (Phi) is 5.05. The highest BCUT2D eigenvalue weighted by molar-refractivity contribution is 6.02. The average Bonchev–Trinajstić information content (AvgIpc) is 3.21. The predicted octanol–water partition coefficient (Wildman–Crippen LogP) is 0.691.